The second-order valence-electron chi connectivity index (χ2n) is 5.70. The normalized spacial score (nSPS) is 38.0. The molecule has 0 spiro atoms. The molecule has 98 valence electrons. The van der Waals surface area contributed by atoms with Crippen LogP contribution in [0.3, 0.4) is 0 Å². The van der Waals surface area contributed by atoms with Gasteiger partial charge in [0.15, 0.2) is 0 Å². The Kier molecular flexibility index (Phi) is 4.36. The Morgan fingerprint density at radius 3 is 3.06 bits per heavy atom. The van der Waals surface area contributed by atoms with Crippen molar-refractivity contribution in [1.82, 2.24) is 10.6 Å². The Bertz CT molecular complexity index is 277. The average molecular weight is 256 g/mol. The molecule has 17 heavy (non-hydrogen) atoms. The first kappa shape index (κ1) is 13.2. The van der Waals surface area contributed by atoms with Gasteiger partial charge < -0.3 is 10.6 Å². The van der Waals surface area contributed by atoms with E-state index in [1.54, 1.807) is 0 Å². The highest BCUT2D eigenvalue weighted by Gasteiger charge is 2.31. The van der Waals surface area contributed by atoms with E-state index >= 15 is 0 Å². The number of hydrogen-bond donors (Lipinski definition) is 2. The van der Waals surface area contributed by atoms with Crippen molar-refractivity contribution in [3.63, 3.8) is 0 Å². The highest BCUT2D eigenvalue weighted by molar-refractivity contribution is 8.00. The fraction of sp³-hybridized carbons (Fsp3) is 0.923. The van der Waals surface area contributed by atoms with Crippen LogP contribution in [0.1, 0.15) is 39.5 Å². The zero-order valence-electron chi connectivity index (χ0n) is 10.9. The molecule has 2 rings (SSSR count). The van der Waals surface area contributed by atoms with Gasteiger partial charge in [-0.1, -0.05) is 0 Å². The van der Waals surface area contributed by atoms with E-state index in [2.05, 4.69) is 24.5 Å². The summed E-state index contributed by atoms with van der Waals surface area (Å²) in [5.41, 5.74) is 0. The van der Waals surface area contributed by atoms with Crippen LogP contribution >= 0.6 is 11.8 Å². The van der Waals surface area contributed by atoms with E-state index in [0.29, 0.717) is 6.04 Å². The van der Waals surface area contributed by atoms with Crippen LogP contribution in [-0.2, 0) is 4.79 Å². The largest absolute Gasteiger partial charge is 0.354 e. The molecule has 0 aromatic carbocycles. The van der Waals surface area contributed by atoms with Gasteiger partial charge >= 0.3 is 0 Å². The number of carbonyl (C=O) groups is 1. The molecule has 3 atom stereocenters. The lowest BCUT2D eigenvalue weighted by Gasteiger charge is -2.29. The Morgan fingerprint density at radius 2 is 2.41 bits per heavy atom. The summed E-state index contributed by atoms with van der Waals surface area (Å²) < 4.78 is 0.286. The van der Waals surface area contributed by atoms with Crippen LogP contribution in [0.2, 0.25) is 0 Å². The Morgan fingerprint density at radius 1 is 1.59 bits per heavy atom. The van der Waals surface area contributed by atoms with Crippen molar-refractivity contribution in [2.45, 2.75) is 50.3 Å². The number of thioether (sulfide) groups is 1. The number of hydrogen-bond acceptors (Lipinski definition) is 3. The van der Waals surface area contributed by atoms with E-state index in [1.807, 2.05) is 11.8 Å². The maximum atomic E-state index is 12.1. The zero-order valence-corrected chi connectivity index (χ0v) is 11.7. The Labute approximate surface area is 108 Å². The van der Waals surface area contributed by atoms with Gasteiger partial charge in [0.1, 0.15) is 0 Å². The summed E-state index contributed by atoms with van der Waals surface area (Å²) in [6, 6.07) is 0.482. The lowest BCUT2D eigenvalue weighted by Crippen LogP contribution is -2.45. The molecule has 0 aromatic rings. The van der Waals surface area contributed by atoms with Crippen LogP contribution in [0.25, 0.3) is 0 Å². The first-order chi connectivity index (χ1) is 8.09. The zero-order chi connectivity index (χ0) is 12.3. The third-order valence-corrected chi connectivity index (χ3v) is 5.47. The minimum Gasteiger partial charge on any atom is -0.354 e. The summed E-state index contributed by atoms with van der Waals surface area (Å²) >= 11 is 2.01. The smallest absolute Gasteiger partial charge is 0.223 e. The van der Waals surface area contributed by atoms with Crippen LogP contribution in [0.4, 0.5) is 0 Å². The molecule has 2 fully saturated rings. The fourth-order valence-corrected chi connectivity index (χ4v) is 4.01. The van der Waals surface area contributed by atoms with Crippen molar-refractivity contribution >= 4 is 17.7 Å². The number of rotatable bonds is 3. The minimum atomic E-state index is 0.223. The van der Waals surface area contributed by atoms with Gasteiger partial charge in [0.2, 0.25) is 5.91 Å². The molecule has 2 aliphatic rings. The standard InChI is InChI=1S/C13H24N2OS/c1-10-8-11(4-6-14-10)12(16)15-9-13(2)5-3-7-17-13/h10-11,14H,3-9H2,1-2H3,(H,15,16)/t10-,11-,13?/m0/s1. The van der Waals surface area contributed by atoms with Crippen LogP contribution in [0, 0.1) is 5.92 Å². The van der Waals surface area contributed by atoms with Crippen LogP contribution < -0.4 is 10.6 Å². The second-order valence-corrected chi connectivity index (χ2v) is 7.38. The van der Waals surface area contributed by atoms with Gasteiger partial charge in [-0.2, -0.15) is 11.8 Å². The molecular weight excluding hydrogens is 232 g/mol. The maximum Gasteiger partial charge on any atom is 0.223 e. The van der Waals surface area contributed by atoms with Crippen molar-refractivity contribution < 1.29 is 4.79 Å². The third-order valence-electron chi connectivity index (χ3n) is 3.93. The summed E-state index contributed by atoms with van der Waals surface area (Å²) in [4.78, 5) is 12.1. The molecule has 0 radical (unpaired) electrons. The van der Waals surface area contributed by atoms with Gasteiger partial charge in [-0.15, -0.1) is 0 Å². The van der Waals surface area contributed by atoms with Gasteiger partial charge in [0.05, 0.1) is 0 Å². The van der Waals surface area contributed by atoms with Gasteiger partial charge in [-0.3, -0.25) is 4.79 Å². The molecule has 0 saturated carbocycles. The number of nitrogens with one attached hydrogen (secondary N) is 2. The second kappa shape index (κ2) is 5.61. The van der Waals surface area contributed by atoms with Crippen molar-refractivity contribution in [1.29, 1.82) is 0 Å². The molecule has 1 unspecified atom stereocenters. The fourth-order valence-electron chi connectivity index (χ4n) is 2.76. The topological polar surface area (TPSA) is 41.1 Å². The molecule has 2 aliphatic heterocycles. The lowest BCUT2D eigenvalue weighted by molar-refractivity contribution is -0.126. The van der Waals surface area contributed by atoms with E-state index in [-0.39, 0.29) is 16.6 Å². The Hall–Kier alpha value is -0.220. The molecule has 0 aromatic heterocycles. The van der Waals surface area contributed by atoms with E-state index in [0.717, 1.165) is 25.9 Å². The molecule has 0 aliphatic carbocycles. The summed E-state index contributed by atoms with van der Waals surface area (Å²) in [6.07, 6.45) is 4.50. The van der Waals surface area contributed by atoms with Crippen molar-refractivity contribution in [3.8, 4) is 0 Å². The number of piperidine rings is 1. The van der Waals surface area contributed by atoms with Crippen LogP contribution in [0.5, 0.6) is 0 Å². The predicted molar refractivity (Wildman–Crippen MR) is 73.3 cm³/mol. The maximum absolute atomic E-state index is 12.1. The lowest BCUT2D eigenvalue weighted by atomic mass is 9.92. The van der Waals surface area contributed by atoms with Crippen molar-refractivity contribution in [3.05, 3.63) is 0 Å². The SMILES string of the molecule is C[C@H]1C[C@@H](C(=O)NCC2(C)CCCS2)CCN1. The quantitative estimate of drug-likeness (QED) is 0.809. The van der Waals surface area contributed by atoms with Crippen LogP contribution in [0.15, 0.2) is 0 Å². The molecular formula is C13H24N2OS. The summed E-state index contributed by atoms with van der Waals surface area (Å²) in [5.74, 6) is 1.74. The van der Waals surface area contributed by atoms with E-state index in [1.165, 1.54) is 18.6 Å². The molecule has 3 nitrogen and oxygen atoms in total. The van der Waals surface area contributed by atoms with Gasteiger partial charge in [0.25, 0.3) is 0 Å². The van der Waals surface area contributed by atoms with Gasteiger partial charge in [-0.05, 0) is 51.8 Å². The number of carbonyl (C=O) groups excluding carboxylic acids is 1. The Balaban J connectivity index is 1.76. The molecule has 2 heterocycles. The first-order valence-corrected chi connectivity index (χ1v) is 7.73. The minimum absolute atomic E-state index is 0.223. The molecule has 2 saturated heterocycles. The van der Waals surface area contributed by atoms with E-state index < -0.39 is 0 Å². The first-order valence-electron chi connectivity index (χ1n) is 6.74. The summed E-state index contributed by atoms with van der Waals surface area (Å²) in [7, 11) is 0. The number of amides is 1. The van der Waals surface area contributed by atoms with Crippen LogP contribution in [-0.4, -0.2) is 35.5 Å². The average Bonchev–Trinajstić information content (AvgIpc) is 2.74. The molecule has 4 heteroatoms. The van der Waals surface area contributed by atoms with Gasteiger partial charge in [0, 0.05) is 23.3 Å². The van der Waals surface area contributed by atoms with Crippen molar-refractivity contribution in [2.24, 2.45) is 5.92 Å². The summed E-state index contributed by atoms with van der Waals surface area (Å²) in [6.45, 7) is 6.25. The van der Waals surface area contributed by atoms with E-state index in [4.69, 9.17) is 0 Å². The monoisotopic (exact) mass is 256 g/mol. The highest BCUT2D eigenvalue weighted by Crippen LogP contribution is 2.37. The highest BCUT2D eigenvalue weighted by atomic mass is 32.2. The summed E-state index contributed by atoms with van der Waals surface area (Å²) in [5, 5.41) is 6.56. The predicted octanol–water partition coefficient (Wildman–Crippen LogP) is 1.78. The van der Waals surface area contributed by atoms with Gasteiger partial charge in [-0.25, -0.2) is 0 Å². The van der Waals surface area contributed by atoms with Crippen molar-refractivity contribution in [2.75, 3.05) is 18.8 Å². The molecule has 1 amide bonds. The third kappa shape index (κ3) is 3.62. The molecule has 0 bridgehead atoms. The molecule has 2 N–H and O–H groups in total. The van der Waals surface area contributed by atoms with E-state index in [9.17, 15) is 4.79 Å².